The van der Waals surface area contributed by atoms with Crippen molar-refractivity contribution < 1.29 is 0 Å². The van der Waals surface area contributed by atoms with Crippen LogP contribution in [0.25, 0.3) is 0 Å². The van der Waals surface area contributed by atoms with Crippen LogP contribution < -0.4 is 0 Å². The summed E-state index contributed by atoms with van der Waals surface area (Å²) in [6.07, 6.45) is 8.76. The molecule has 0 bridgehead atoms. The number of nitrogens with zero attached hydrogens (tertiary/aromatic N) is 1. The van der Waals surface area contributed by atoms with Crippen LogP contribution in [0.5, 0.6) is 0 Å². The van der Waals surface area contributed by atoms with Crippen molar-refractivity contribution in [3.63, 3.8) is 0 Å². The van der Waals surface area contributed by atoms with Crippen LogP contribution in [0.1, 0.15) is 52.9 Å². The molecule has 1 aliphatic heterocycles. The van der Waals surface area contributed by atoms with Gasteiger partial charge in [-0.2, -0.15) is 0 Å². The predicted octanol–water partition coefficient (Wildman–Crippen LogP) is 3.92. The summed E-state index contributed by atoms with van der Waals surface area (Å²) in [7, 11) is 0. The smallest absolute Gasteiger partial charge is 0.0504 e. The molecule has 0 N–H and O–H groups in total. The Morgan fingerprint density at radius 2 is 2.21 bits per heavy atom. The minimum absolute atomic E-state index is 0.263. The van der Waals surface area contributed by atoms with Gasteiger partial charge in [0.25, 0.3) is 0 Å². The summed E-state index contributed by atoms with van der Waals surface area (Å²) in [5.41, 5.74) is 0. The molecule has 1 atom stereocenters. The Morgan fingerprint density at radius 1 is 1.43 bits per heavy atom. The topological polar surface area (TPSA) is 12.4 Å². The lowest BCUT2D eigenvalue weighted by Crippen LogP contribution is -2.15. The zero-order valence-electron chi connectivity index (χ0n) is 9.75. The molecule has 0 aromatic carbocycles. The third kappa shape index (κ3) is 4.50. The molecule has 0 spiro atoms. The Kier molecular flexibility index (Phi) is 5.00. The van der Waals surface area contributed by atoms with E-state index in [1.165, 1.54) is 37.9 Å². The largest absolute Gasteiger partial charge is 0.293 e. The molecule has 14 heavy (non-hydrogen) atoms. The van der Waals surface area contributed by atoms with Crippen molar-refractivity contribution in [3.8, 4) is 0 Å². The van der Waals surface area contributed by atoms with Gasteiger partial charge in [-0.25, -0.2) is 0 Å². The first-order valence-electron chi connectivity index (χ1n) is 5.82. The summed E-state index contributed by atoms with van der Waals surface area (Å²) >= 11 is 2.03. The number of hydrogen-bond acceptors (Lipinski definition) is 2. The molecule has 0 amide bonds. The number of hydrogen-bond donors (Lipinski definition) is 0. The van der Waals surface area contributed by atoms with Gasteiger partial charge in [-0.3, -0.25) is 4.99 Å². The van der Waals surface area contributed by atoms with Crippen molar-refractivity contribution in [2.45, 2.75) is 63.7 Å². The molecule has 2 heteroatoms. The summed E-state index contributed by atoms with van der Waals surface area (Å²) in [4.78, 5) is 4.70. The Morgan fingerprint density at radius 3 is 2.93 bits per heavy atom. The van der Waals surface area contributed by atoms with Crippen molar-refractivity contribution in [1.29, 1.82) is 0 Å². The molecule has 1 nitrogen and oxygen atoms in total. The Balaban J connectivity index is 2.32. The summed E-state index contributed by atoms with van der Waals surface area (Å²) in [5, 5.41) is 0. The van der Waals surface area contributed by atoms with E-state index >= 15 is 0 Å². The fraction of sp³-hybridized carbons (Fsp3) is 0.917. The average Bonchev–Trinajstić information content (AvgIpc) is 2.28. The van der Waals surface area contributed by atoms with Gasteiger partial charge in [0.05, 0.1) is 6.04 Å². The first kappa shape index (κ1) is 12.1. The zero-order valence-corrected chi connectivity index (χ0v) is 10.6. The van der Waals surface area contributed by atoms with E-state index < -0.39 is 0 Å². The lowest BCUT2D eigenvalue weighted by Gasteiger charge is -2.15. The second-order valence-electron chi connectivity index (χ2n) is 4.67. The van der Waals surface area contributed by atoms with Crippen LogP contribution >= 0.6 is 11.8 Å². The van der Waals surface area contributed by atoms with Crippen LogP contribution in [0.3, 0.4) is 0 Å². The molecule has 1 aliphatic rings. The van der Waals surface area contributed by atoms with Crippen LogP contribution in [-0.2, 0) is 0 Å². The molecule has 0 saturated carbocycles. The van der Waals surface area contributed by atoms with Crippen LogP contribution in [0, 0.1) is 0 Å². The van der Waals surface area contributed by atoms with E-state index in [0.717, 1.165) is 0 Å². The first-order valence-corrected chi connectivity index (χ1v) is 6.81. The van der Waals surface area contributed by atoms with Crippen molar-refractivity contribution in [2.75, 3.05) is 5.75 Å². The van der Waals surface area contributed by atoms with Crippen molar-refractivity contribution in [3.05, 3.63) is 0 Å². The minimum Gasteiger partial charge on any atom is -0.293 e. The van der Waals surface area contributed by atoms with Gasteiger partial charge in [0.2, 0.25) is 0 Å². The minimum atomic E-state index is 0.263. The van der Waals surface area contributed by atoms with Crippen LogP contribution in [-0.4, -0.2) is 22.8 Å². The number of unbranched alkanes of at least 4 members (excludes halogenated alkanes) is 2. The van der Waals surface area contributed by atoms with E-state index in [9.17, 15) is 0 Å². The monoisotopic (exact) mass is 213 g/mol. The molecule has 0 fully saturated rings. The maximum atomic E-state index is 4.70. The summed E-state index contributed by atoms with van der Waals surface area (Å²) < 4.78 is 0.263. The van der Waals surface area contributed by atoms with Crippen molar-refractivity contribution in [1.82, 2.24) is 0 Å². The molecular weight excluding hydrogens is 190 g/mol. The Bertz CT molecular complexity index is 187. The normalized spacial score (nSPS) is 26.1. The molecule has 1 heterocycles. The molecule has 0 saturated heterocycles. The Labute approximate surface area is 92.8 Å². The average molecular weight is 213 g/mol. The third-order valence-electron chi connectivity index (χ3n) is 2.66. The zero-order chi connectivity index (χ0) is 10.4. The summed E-state index contributed by atoms with van der Waals surface area (Å²) in [6, 6.07) is 0.607. The van der Waals surface area contributed by atoms with Gasteiger partial charge in [0, 0.05) is 11.0 Å². The third-order valence-corrected chi connectivity index (χ3v) is 3.95. The first-order chi connectivity index (χ1) is 6.64. The fourth-order valence-electron chi connectivity index (χ4n) is 1.70. The standard InChI is InChI=1S/C12H23NS/c1-4-5-6-7-11-8-9-14-12(2,3)10-13-11/h10-11H,4-9H2,1-3H3. The molecule has 1 rings (SSSR count). The van der Waals surface area contributed by atoms with Crippen LogP contribution in [0.15, 0.2) is 4.99 Å². The second-order valence-corrected chi connectivity index (χ2v) is 6.42. The van der Waals surface area contributed by atoms with E-state index in [-0.39, 0.29) is 4.75 Å². The van der Waals surface area contributed by atoms with E-state index in [1.807, 2.05) is 11.8 Å². The number of rotatable bonds is 4. The van der Waals surface area contributed by atoms with Crippen molar-refractivity contribution >= 4 is 18.0 Å². The van der Waals surface area contributed by atoms with Gasteiger partial charge in [0.15, 0.2) is 0 Å². The second kappa shape index (κ2) is 5.79. The Hall–Kier alpha value is 0.0200. The quantitative estimate of drug-likeness (QED) is 0.645. The van der Waals surface area contributed by atoms with Gasteiger partial charge in [-0.05, 0) is 32.4 Å². The molecule has 0 aromatic rings. The van der Waals surface area contributed by atoms with Gasteiger partial charge in [-0.1, -0.05) is 26.2 Å². The van der Waals surface area contributed by atoms with E-state index in [1.54, 1.807) is 0 Å². The lowest BCUT2D eigenvalue weighted by molar-refractivity contribution is 0.554. The van der Waals surface area contributed by atoms with E-state index in [2.05, 4.69) is 27.0 Å². The number of thioether (sulfide) groups is 1. The van der Waals surface area contributed by atoms with Crippen LogP contribution in [0.4, 0.5) is 0 Å². The van der Waals surface area contributed by atoms with E-state index in [0.29, 0.717) is 6.04 Å². The number of aliphatic imine (C=N–C) groups is 1. The molecule has 82 valence electrons. The maximum Gasteiger partial charge on any atom is 0.0504 e. The highest BCUT2D eigenvalue weighted by atomic mass is 32.2. The highest BCUT2D eigenvalue weighted by molar-refractivity contribution is 8.01. The maximum absolute atomic E-state index is 4.70. The molecule has 0 aromatic heterocycles. The van der Waals surface area contributed by atoms with Gasteiger partial charge in [0.1, 0.15) is 0 Å². The van der Waals surface area contributed by atoms with Crippen molar-refractivity contribution in [2.24, 2.45) is 4.99 Å². The van der Waals surface area contributed by atoms with Crippen LogP contribution in [0.2, 0.25) is 0 Å². The molecule has 0 aliphatic carbocycles. The van der Waals surface area contributed by atoms with Gasteiger partial charge < -0.3 is 0 Å². The highest BCUT2D eigenvalue weighted by Crippen LogP contribution is 2.28. The SMILES string of the molecule is CCCCCC1CCSC(C)(C)C=N1. The predicted molar refractivity (Wildman–Crippen MR) is 67.6 cm³/mol. The van der Waals surface area contributed by atoms with Gasteiger partial charge >= 0.3 is 0 Å². The summed E-state index contributed by atoms with van der Waals surface area (Å²) in [6.45, 7) is 6.78. The fourth-order valence-corrected chi connectivity index (χ4v) is 2.75. The molecular formula is C12H23NS. The van der Waals surface area contributed by atoms with Gasteiger partial charge in [-0.15, -0.1) is 11.8 Å². The lowest BCUT2D eigenvalue weighted by atomic mass is 10.1. The highest BCUT2D eigenvalue weighted by Gasteiger charge is 2.20. The molecule has 0 radical (unpaired) electrons. The summed E-state index contributed by atoms with van der Waals surface area (Å²) in [5.74, 6) is 1.27. The van der Waals surface area contributed by atoms with E-state index in [4.69, 9.17) is 4.99 Å². The molecule has 1 unspecified atom stereocenters.